The summed E-state index contributed by atoms with van der Waals surface area (Å²) < 4.78 is 5.84. The predicted molar refractivity (Wildman–Crippen MR) is 104 cm³/mol. The van der Waals surface area contributed by atoms with Crippen molar-refractivity contribution in [3.63, 3.8) is 0 Å². The first-order chi connectivity index (χ1) is 12.2. The molecule has 0 saturated heterocycles. The van der Waals surface area contributed by atoms with Crippen molar-refractivity contribution in [3.8, 4) is 0 Å². The third-order valence-corrected chi connectivity index (χ3v) is 7.05. The smallest absolute Gasteiger partial charge is 0.168 e. The molecule has 0 aromatic heterocycles. The van der Waals surface area contributed by atoms with Crippen LogP contribution in [0.3, 0.4) is 0 Å². The lowest BCUT2D eigenvalue weighted by molar-refractivity contribution is -0.122. The topological polar surface area (TPSA) is 26.3 Å². The number of carbonyl (C=O) groups is 1. The zero-order valence-corrected chi connectivity index (χ0v) is 16.4. The van der Waals surface area contributed by atoms with Crippen LogP contribution in [-0.2, 0) is 9.53 Å². The van der Waals surface area contributed by atoms with Gasteiger partial charge in [-0.15, -0.1) is 0 Å². The van der Waals surface area contributed by atoms with Gasteiger partial charge in [-0.25, -0.2) is 0 Å². The Kier molecular flexibility index (Phi) is 6.77. The summed E-state index contributed by atoms with van der Waals surface area (Å²) in [5.74, 6) is 0.437. The average molecular weight is 347 g/mol. The molecule has 3 aliphatic rings. The van der Waals surface area contributed by atoms with Crippen molar-refractivity contribution in [2.24, 2.45) is 5.41 Å². The summed E-state index contributed by atoms with van der Waals surface area (Å²) >= 11 is 0. The van der Waals surface area contributed by atoms with Crippen molar-refractivity contribution in [2.75, 3.05) is 7.11 Å². The normalized spacial score (nSPS) is 35.9. The molecule has 2 bridgehead atoms. The van der Waals surface area contributed by atoms with Gasteiger partial charge >= 0.3 is 0 Å². The van der Waals surface area contributed by atoms with E-state index in [1.54, 1.807) is 7.11 Å². The number of carbonyl (C=O) groups excluding carboxylic acids is 1. The van der Waals surface area contributed by atoms with Crippen LogP contribution in [0, 0.1) is 5.41 Å². The van der Waals surface area contributed by atoms with Gasteiger partial charge in [-0.1, -0.05) is 83.5 Å². The Bertz CT molecular complexity index is 480. The average Bonchev–Trinajstić information content (AvgIpc) is 3.21. The van der Waals surface area contributed by atoms with Gasteiger partial charge in [-0.05, 0) is 37.3 Å². The molecule has 2 fully saturated rings. The van der Waals surface area contributed by atoms with Crippen LogP contribution in [0.5, 0.6) is 0 Å². The van der Waals surface area contributed by atoms with Crippen LogP contribution in [0.4, 0.5) is 0 Å². The molecule has 2 unspecified atom stereocenters. The molecule has 3 rings (SSSR count). The first-order valence-corrected chi connectivity index (χ1v) is 11.1. The van der Waals surface area contributed by atoms with Crippen LogP contribution in [0.15, 0.2) is 11.6 Å². The highest BCUT2D eigenvalue weighted by Gasteiger charge is 2.74. The van der Waals surface area contributed by atoms with Gasteiger partial charge in [0.15, 0.2) is 5.78 Å². The molecular formula is C23H38O2. The summed E-state index contributed by atoms with van der Waals surface area (Å²) in [6, 6.07) is 0. The van der Waals surface area contributed by atoms with Gasteiger partial charge in [0.2, 0.25) is 0 Å². The second-order valence-electron chi connectivity index (χ2n) is 8.80. The predicted octanol–water partition coefficient (Wildman–Crippen LogP) is 6.53. The number of methoxy groups -OCH3 is 1. The molecule has 0 aromatic carbocycles. The van der Waals surface area contributed by atoms with Gasteiger partial charge in [0, 0.05) is 7.11 Å². The largest absolute Gasteiger partial charge is 0.373 e. The minimum atomic E-state index is -0.222. The molecular weight excluding hydrogens is 308 g/mol. The molecule has 0 radical (unpaired) electrons. The van der Waals surface area contributed by atoms with Gasteiger partial charge in [0.1, 0.15) is 5.60 Å². The first kappa shape index (κ1) is 19.1. The maximum absolute atomic E-state index is 13.0. The molecule has 0 N–H and O–H groups in total. The van der Waals surface area contributed by atoms with E-state index < -0.39 is 0 Å². The molecule has 2 nitrogen and oxygen atoms in total. The zero-order chi connectivity index (χ0) is 17.6. The van der Waals surface area contributed by atoms with Gasteiger partial charge < -0.3 is 4.74 Å². The highest BCUT2D eigenvalue weighted by Crippen LogP contribution is 2.68. The Balaban J connectivity index is 1.54. The van der Waals surface area contributed by atoms with Crippen LogP contribution in [0.1, 0.15) is 109 Å². The Morgan fingerprint density at radius 1 is 0.760 bits per heavy atom. The summed E-state index contributed by atoms with van der Waals surface area (Å²) in [6.45, 7) is 0. The molecule has 2 atom stereocenters. The third kappa shape index (κ3) is 4.21. The zero-order valence-electron chi connectivity index (χ0n) is 16.4. The van der Waals surface area contributed by atoms with E-state index in [4.69, 9.17) is 4.74 Å². The van der Waals surface area contributed by atoms with E-state index in [1.807, 2.05) is 0 Å². The quantitative estimate of drug-likeness (QED) is 0.540. The van der Waals surface area contributed by atoms with Crippen molar-refractivity contribution >= 4 is 5.78 Å². The van der Waals surface area contributed by atoms with Crippen LogP contribution >= 0.6 is 0 Å². The molecule has 0 aliphatic heterocycles. The Morgan fingerprint density at radius 3 is 1.76 bits per heavy atom. The number of rotatable bonds is 1. The standard InChI is InChI=1S/C23H38O2/c1-25-23-18-20-16-14-12-10-8-6-4-2-3-5-7-9-11-13-15-17-22(23,19-23)21(20)24/h18H,2-17,19H2,1H3. The lowest BCUT2D eigenvalue weighted by Gasteiger charge is -2.16. The van der Waals surface area contributed by atoms with Gasteiger partial charge in [-0.2, -0.15) is 0 Å². The Labute approximate surface area is 154 Å². The van der Waals surface area contributed by atoms with Crippen LogP contribution < -0.4 is 0 Å². The summed E-state index contributed by atoms with van der Waals surface area (Å²) in [4.78, 5) is 13.0. The SMILES string of the molecule is COC12C=C3CCCCCCCCCCCCCCCCC1(C2)C3=O. The maximum Gasteiger partial charge on any atom is 0.168 e. The number of Topliss-reactive ketones (excluding diaryl/α,β-unsaturated/α-hetero) is 1. The van der Waals surface area contributed by atoms with Crippen molar-refractivity contribution in [3.05, 3.63) is 11.6 Å². The number of fused-ring (bicyclic) bond motifs is 1. The second kappa shape index (κ2) is 8.84. The van der Waals surface area contributed by atoms with E-state index in [0.717, 1.165) is 24.8 Å². The summed E-state index contributed by atoms with van der Waals surface area (Å²) in [5, 5.41) is 0. The van der Waals surface area contributed by atoms with Crippen molar-refractivity contribution in [1.82, 2.24) is 0 Å². The van der Waals surface area contributed by atoms with E-state index in [9.17, 15) is 4.79 Å². The molecule has 25 heavy (non-hydrogen) atoms. The van der Waals surface area contributed by atoms with Gasteiger partial charge in [0.05, 0.1) is 5.41 Å². The molecule has 0 heterocycles. The number of hydrogen-bond acceptors (Lipinski definition) is 2. The molecule has 1 spiro atoms. The monoisotopic (exact) mass is 346 g/mol. The summed E-state index contributed by atoms with van der Waals surface area (Å²) in [7, 11) is 1.80. The van der Waals surface area contributed by atoms with E-state index in [2.05, 4.69) is 6.08 Å². The molecule has 2 heteroatoms. The highest BCUT2D eigenvalue weighted by atomic mass is 16.5. The maximum atomic E-state index is 13.0. The van der Waals surface area contributed by atoms with E-state index in [-0.39, 0.29) is 11.0 Å². The fourth-order valence-corrected chi connectivity index (χ4v) is 5.31. The molecule has 0 aromatic rings. The van der Waals surface area contributed by atoms with Crippen molar-refractivity contribution in [1.29, 1.82) is 0 Å². The number of hydrogen-bond donors (Lipinski definition) is 0. The highest BCUT2D eigenvalue weighted by molar-refractivity contribution is 6.07. The van der Waals surface area contributed by atoms with Gasteiger partial charge in [0.25, 0.3) is 0 Å². The Hall–Kier alpha value is -0.630. The minimum Gasteiger partial charge on any atom is -0.373 e. The van der Waals surface area contributed by atoms with Crippen LogP contribution in [0.2, 0.25) is 0 Å². The number of ether oxygens (including phenoxy) is 1. The van der Waals surface area contributed by atoms with E-state index >= 15 is 0 Å². The second-order valence-corrected chi connectivity index (χ2v) is 8.80. The molecule has 0 amide bonds. The summed E-state index contributed by atoms with van der Waals surface area (Å²) in [5.41, 5.74) is 0.700. The van der Waals surface area contributed by atoms with Crippen molar-refractivity contribution < 1.29 is 9.53 Å². The van der Waals surface area contributed by atoms with E-state index in [1.165, 1.54) is 89.9 Å². The van der Waals surface area contributed by atoms with Crippen LogP contribution in [-0.4, -0.2) is 18.5 Å². The molecule has 3 aliphatic carbocycles. The first-order valence-electron chi connectivity index (χ1n) is 11.1. The fourth-order valence-electron chi connectivity index (χ4n) is 5.31. The summed E-state index contributed by atoms with van der Waals surface area (Å²) in [6.07, 6.45) is 24.0. The molecule has 142 valence electrons. The van der Waals surface area contributed by atoms with Crippen LogP contribution in [0.25, 0.3) is 0 Å². The van der Waals surface area contributed by atoms with Crippen molar-refractivity contribution in [2.45, 2.75) is 115 Å². The third-order valence-electron chi connectivity index (χ3n) is 7.05. The lowest BCUT2D eigenvalue weighted by atomic mass is 9.89. The number of allylic oxidation sites excluding steroid dienone is 1. The Morgan fingerprint density at radius 2 is 1.24 bits per heavy atom. The lowest BCUT2D eigenvalue weighted by Crippen LogP contribution is -2.23. The fraction of sp³-hybridized carbons (Fsp3) is 0.870. The van der Waals surface area contributed by atoms with Gasteiger partial charge in [-0.3, -0.25) is 4.79 Å². The minimum absolute atomic E-state index is 0.167. The number of ketones is 1. The van der Waals surface area contributed by atoms with E-state index in [0.29, 0.717) is 5.78 Å². The molecule has 2 saturated carbocycles.